The van der Waals surface area contributed by atoms with Crippen molar-refractivity contribution >= 4 is 22.9 Å². The number of nitrogens with one attached hydrogen (secondary N) is 1. The highest BCUT2D eigenvalue weighted by atomic mass is 32.1. The Kier molecular flexibility index (Phi) is 3.49. The molecule has 0 spiro atoms. The predicted molar refractivity (Wildman–Crippen MR) is 81.6 cm³/mol. The molecule has 1 heterocycles. The number of aromatic hydroxyl groups is 1. The van der Waals surface area contributed by atoms with Crippen molar-refractivity contribution in [1.29, 1.82) is 0 Å². The molecule has 0 bridgehead atoms. The van der Waals surface area contributed by atoms with Crippen molar-refractivity contribution in [3.8, 4) is 5.75 Å². The monoisotopic (exact) mass is 287 g/mol. The molecule has 0 aliphatic heterocycles. The summed E-state index contributed by atoms with van der Waals surface area (Å²) >= 11 is 1.58. The summed E-state index contributed by atoms with van der Waals surface area (Å²) < 4.78 is 0. The molecule has 3 rings (SSSR count). The molecule has 0 radical (unpaired) electrons. The lowest BCUT2D eigenvalue weighted by Gasteiger charge is -2.16. The first-order valence-electron chi connectivity index (χ1n) is 6.84. The van der Waals surface area contributed by atoms with E-state index in [1.807, 2.05) is 6.07 Å². The second kappa shape index (κ2) is 5.29. The average molecular weight is 287 g/mol. The molecule has 1 aliphatic rings. The fraction of sp³-hybridized carbons (Fsp3) is 0.312. The summed E-state index contributed by atoms with van der Waals surface area (Å²) in [6.07, 6.45) is 3.34. The van der Waals surface area contributed by atoms with Gasteiger partial charge in [-0.15, -0.1) is 11.3 Å². The molecule has 1 aliphatic carbocycles. The lowest BCUT2D eigenvalue weighted by atomic mass is 9.90. The highest BCUT2D eigenvalue weighted by Crippen LogP contribution is 2.33. The van der Waals surface area contributed by atoms with Crippen LogP contribution in [-0.4, -0.2) is 11.0 Å². The van der Waals surface area contributed by atoms with E-state index in [0.29, 0.717) is 11.6 Å². The Bertz CT molecular complexity index is 648. The van der Waals surface area contributed by atoms with E-state index in [0.717, 1.165) is 17.7 Å². The van der Waals surface area contributed by atoms with E-state index in [2.05, 4.69) is 12.2 Å². The maximum Gasteiger partial charge on any atom is 0.265 e. The van der Waals surface area contributed by atoms with Gasteiger partial charge in [0, 0.05) is 4.88 Å². The Labute approximate surface area is 122 Å². The lowest BCUT2D eigenvalue weighted by molar-refractivity contribution is 0.103. The van der Waals surface area contributed by atoms with Gasteiger partial charge in [-0.2, -0.15) is 0 Å². The van der Waals surface area contributed by atoms with Gasteiger partial charge in [0.1, 0.15) is 5.75 Å². The fourth-order valence-corrected chi connectivity index (χ4v) is 3.68. The van der Waals surface area contributed by atoms with Gasteiger partial charge in [-0.1, -0.05) is 19.1 Å². The molecule has 0 saturated carbocycles. The number of carbonyl (C=O) groups is 1. The van der Waals surface area contributed by atoms with Gasteiger partial charge in [0.2, 0.25) is 0 Å². The van der Waals surface area contributed by atoms with Gasteiger partial charge in [-0.25, -0.2) is 0 Å². The normalized spacial score (nSPS) is 17.6. The van der Waals surface area contributed by atoms with Crippen LogP contribution in [0.4, 0.5) is 5.69 Å². The summed E-state index contributed by atoms with van der Waals surface area (Å²) in [6, 6.07) is 8.79. The number of fused-ring (bicyclic) bond motifs is 1. The van der Waals surface area contributed by atoms with Crippen LogP contribution in [0, 0.1) is 5.92 Å². The highest BCUT2D eigenvalue weighted by molar-refractivity contribution is 7.14. The summed E-state index contributed by atoms with van der Waals surface area (Å²) in [6.45, 7) is 2.25. The number of thiophene rings is 1. The molecule has 2 N–H and O–H groups in total. The average Bonchev–Trinajstić information content (AvgIpc) is 2.84. The van der Waals surface area contributed by atoms with Crippen LogP contribution in [0.25, 0.3) is 0 Å². The number of rotatable bonds is 2. The summed E-state index contributed by atoms with van der Waals surface area (Å²) in [4.78, 5) is 14.3. The third-order valence-corrected chi connectivity index (χ3v) is 4.94. The van der Waals surface area contributed by atoms with Crippen LogP contribution in [0.5, 0.6) is 5.75 Å². The van der Waals surface area contributed by atoms with Gasteiger partial charge in [-0.3, -0.25) is 4.79 Å². The molecule has 1 amide bonds. The zero-order valence-electron chi connectivity index (χ0n) is 11.3. The van der Waals surface area contributed by atoms with Crippen molar-refractivity contribution < 1.29 is 9.90 Å². The molecule has 0 saturated heterocycles. The van der Waals surface area contributed by atoms with Gasteiger partial charge in [0.15, 0.2) is 0 Å². The maximum atomic E-state index is 12.3. The van der Waals surface area contributed by atoms with Crippen molar-refractivity contribution in [3.05, 3.63) is 45.6 Å². The third kappa shape index (κ3) is 2.56. The first kappa shape index (κ1) is 13.2. The third-order valence-electron chi connectivity index (χ3n) is 3.71. The largest absolute Gasteiger partial charge is 0.506 e. The van der Waals surface area contributed by atoms with Gasteiger partial charge in [-0.05, 0) is 48.9 Å². The second-order valence-electron chi connectivity index (χ2n) is 5.38. The summed E-state index contributed by atoms with van der Waals surface area (Å²) in [5.74, 6) is 0.653. The first-order valence-corrected chi connectivity index (χ1v) is 7.66. The smallest absolute Gasteiger partial charge is 0.265 e. The molecule has 0 unspecified atom stereocenters. The van der Waals surface area contributed by atoms with Crippen molar-refractivity contribution in [1.82, 2.24) is 0 Å². The van der Waals surface area contributed by atoms with E-state index in [9.17, 15) is 9.90 Å². The zero-order valence-corrected chi connectivity index (χ0v) is 12.2. The second-order valence-corrected chi connectivity index (χ2v) is 6.52. The van der Waals surface area contributed by atoms with E-state index >= 15 is 0 Å². The minimum atomic E-state index is -0.140. The number of phenolic OH excluding ortho intramolecular Hbond substituents is 1. The lowest BCUT2D eigenvalue weighted by Crippen LogP contribution is -2.10. The summed E-state index contributed by atoms with van der Waals surface area (Å²) in [7, 11) is 0. The SMILES string of the molecule is C[C@H]1CCc2sc(C(=O)Nc3ccccc3O)cc2C1. The topological polar surface area (TPSA) is 49.3 Å². The number of phenols is 1. The number of para-hydroxylation sites is 2. The van der Waals surface area contributed by atoms with Crippen LogP contribution in [0.3, 0.4) is 0 Å². The number of carbonyl (C=O) groups excluding carboxylic acids is 1. The van der Waals surface area contributed by atoms with Crippen LogP contribution in [0.2, 0.25) is 0 Å². The van der Waals surface area contributed by atoms with Crippen molar-refractivity contribution in [2.24, 2.45) is 5.92 Å². The molecular formula is C16H17NO2S. The minimum Gasteiger partial charge on any atom is -0.506 e. The molecule has 3 nitrogen and oxygen atoms in total. The number of benzene rings is 1. The number of hydrogen-bond acceptors (Lipinski definition) is 3. The first-order chi connectivity index (χ1) is 9.63. The molecule has 4 heteroatoms. The van der Waals surface area contributed by atoms with Gasteiger partial charge in [0.05, 0.1) is 10.6 Å². The molecule has 20 heavy (non-hydrogen) atoms. The van der Waals surface area contributed by atoms with Crippen LogP contribution < -0.4 is 5.32 Å². The number of amides is 1. The van der Waals surface area contributed by atoms with E-state index in [-0.39, 0.29) is 11.7 Å². The van der Waals surface area contributed by atoms with Crippen LogP contribution in [0.1, 0.15) is 33.5 Å². The van der Waals surface area contributed by atoms with Crippen molar-refractivity contribution in [3.63, 3.8) is 0 Å². The molecular weight excluding hydrogens is 270 g/mol. The van der Waals surface area contributed by atoms with Gasteiger partial charge in [0.25, 0.3) is 5.91 Å². The molecule has 1 atom stereocenters. The Morgan fingerprint density at radius 3 is 3.00 bits per heavy atom. The van der Waals surface area contributed by atoms with Crippen molar-refractivity contribution in [2.45, 2.75) is 26.2 Å². The fourth-order valence-electron chi connectivity index (χ4n) is 2.58. The Morgan fingerprint density at radius 2 is 2.20 bits per heavy atom. The number of anilines is 1. The molecule has 0 fully saturated rings. The molecule has 104 valence electrons. The predicted octanol–water partition coefficient (Wildman–Crippen LogP) is 3.83. The standard InChI is InChI=1S/C16H17NO2S/c1-10-6-7-14-11(8-10)9-15(20-14)16(19)17-12-4-2-3-5-13(12)18/h2-5,9-10,18H,6-8H2,1H3,(H,17,19)/t10-/m0/s1. The molecule has 2 aromatic rings. The van der Waals surface area contributed by atoms with E-state index in [4.69, 9.17) is 0 Å². The van der Waals surface area contributed by atoms with Crippen molar-refractivity contribution in [2.75, 3.05) is 5.32 Å². The van der Waals surface area contributed by atoms with E-state index in [1.54, 1.807) is 35.6 Å². The zero-order chi connectivity index (χ0) is 14.1. The Balaban J connectivity index is 1.80. The molecule has 1 aromatic heterocycles. The van der Waals surface area contributed by atoms with Crippen LogP contribution >= 0.6 is 11.3 Å². The summed E-state index contributed by atoms with van der Waals surface area (Å²) in [5, 5.41) is 12.5. The van der Waals surface area contributed by atoms with Gasteiger partial charge >= 0.3 is 0 Å². The highest BCUT2D eigenvalue weighted by Gasteiger charge is 2.21. The number of hydrogen-bond donors (Lipinski definition) is 2. The Morgan fingerprint density at radius 1 is 1.40 bits per heavy atom. The quantitative estimate of drug-likeness (QED) is 0.825. The van der Waals surface area contributed by atoms with E-state index < -0.39 is 0 Å². The molecule has 1 aromatic carbocycles. The van der Waals surface area contributed by atoms with Crippen LogP contribution in [0.15, 0.2) is 30.3 Å². The Hall–Kier alpha value is -1.81. The minimum absolute atomic E-state index is 0.0933. The summed E-state index contributed by atoms with van der Waals surface area (Å²) in [5.41, 5.74) is 1.77. The number of aryl methyl sites for hydroxylation is 1. The maximum absolute atomic E-state index is 12.3. The van der Waals surface area contributed by atoms with E-state index in [1.165, 1.54) is 16.9 Å². The van der Waals surface area contributed by atoms with Gasteiger partial charge < -0.3 is 10.4 Å². The van der Waals surface area contributed by atoms with Crippen LogP contribution in [-0.2, 0) is 12.8 Å².